The van der Waals surface area contributed by atoms with E-state index in [-0.39, 0.29) is 5.75 Å². The zero-order valence-corrected chi connectivity index (χ0v) is 10.3. The molecular weight excluding hydrogens is 219 g/mol. The fourth-order valence-corrected chi connectivity index (χ4v) is 1.98. The first kappa shape index (κ1) is 12.0. The lowest BCUT2D eigenvalue weighted by molar-refractivity contribution is 0.387. The van der Waals surface area contributed by atoms with E-state index in [0.717, 1.165) is 18.2 Å². The van der Waals surface area contributed by atoms with Gasteiger partial charge in [0.1, 0.15) is 0 Å². The molecule has 1 aromatic carbocycles. The molecule has 1 aliphatic rings. The van der Waals surface area contributed by atoms with Crippen molar-refractivity contribution in [1.29, 1.82) is 0 Å². The Labute approximate surface area is 101 Å². The number of nitrogens with one attached hydrogen (secondary N) is 1. The number of rotatable bonds is 5. The Bertz CT molecular complexity index is 405. The molecule has 1 aliphatic carbocycles. The maximum absolute atomic E-state index is 13.3. The highest BCUT2D eigenvalue weighted by atomic mass is 19.1. The van der Waals surface area contributed by atoms with Crippen molar-refractivity contribution in [2.75, 3.05) is 24.7 Å². The minimum Gasteiger partial charge on any atom is -0.494 e. The lowest BCUT2D eigenvalue weighted by Crippen LogP contribution is -2.14. The van der Waals surface area contributed by atoms with Crippen LogP contribution >= 0.6 is 0 Å². The molecule has 0 amide bonds. The molecule has 1 unspecified atom stereocenters. The van der Waals surface area contributed by atoms with Crippen LogP contribution in [-0.2, 0) is 0 Å². The Hall–Kier alpha value is -1.45. The topological polar surface area (TPSA) is 47.3 Å². The van der Waals surface area contributed by atoms with Crippen molar-refractivity contribution in [2.45, 2.75) is 19.8 Å². The molecule has 1 aromatic rings. The van der Waals surface area contributed by atoms with Crippen LogP contribution in [0.5, 0.6) is 5.75 Å². The first-order valence-corrected chi connectivity index (χ1v) is 5.98. The number of benzene rings is 1. The number of nitrogen functional groups attached to an aromatic ring is 1. The molecular formula is C13H19FN2O. The van der Waals surface area contributed by atoms with Crippen LogP contribution in [0.2, 0.25) is 0 Å². The second-order valence-corrected chi connectivity index (χ2v) is 4.77. The molecule has 0 saturated heterocycles. The average molecular weight is 238 g/mol. The van der Waals surface area contributed by atoms with E-state index in [0.29, 0.717) is 11.6 Å². The summed E-state index contributed by atoms with van der Waals surface area (Å²) in [6.45, 7) is 3.09. The summed E-state index contributed by atoms with van der Waals surface area (Å²) in [5.41, 5.74) is 6.93. The molecule has 94 valence electrons. The molecule has 0 heterocycles. The van der Waals surface area contributed by atoms with E-state index in [4.69, 9.17) is 10.5 Å². The van der Waals surface area contributed by atoms with Crippen LogP contribution in [0.4, 0.5) is 15.8 Å². The molecule has 0 bridgehead atoms. The van der Waals surface area contributed by atoms with Crippen LogP contribution in [-0.4, -0.2) is 13.7 Å². The number of hydrogen-bond acceptors (Lipinski definition) is 3. The van der Waals surface area contributed by atoms with Crippen LogP contribution in [0, 0.1) is 17.7 Å². The van der Waals surface area contributed by atoms with Crippen LogP contribution < -0.4 is 15.8 Å². The molecule has 1 fully saturated rings. The van der Waals surface area contributed by atoms with Gasteiger partial charge in [-0.3, -0.25) is 0 Å². The zero-order chi connectivity index (χ0) is 12.4. The summed E-state index contributed by atoms with van der Waals surface area (Å²) in [6.07, 6.45) is 2.65. The van der Waals surface area contributed by atoms with Crippen LogP contribution in [0.25, 0.3) is 0 Å². The summed E-state index contributed by atoms with van der Waals surface area (Å²) in [6, 6.07) is 2.91. The van der Waals surface area contributed by atoms with Crippen molar-refractivity contribution in [2.24, 2.45) is 11.8 Å². The van der Waals surface area contributed by atoms with Gasteiger partial charge in [0.25, 0.3) is 0 Å². The van der Waals surface area contributed by atoms with Gasteiger partial charge < -0.3 is 15.8 Å². The lowest BCUT2D eigenvalue weighted by Gasteiger charge is -2.15. The average Bonchev–Trinajstić information content (AvgIpc) is 3.11. The van der Waals surface area contributed by atoms with Gasteiger partial charge in [0.2, 0.25) is 0 Å². The fraction of sp³-hybridized carbons (Fsp3) is 0.538. The van der Waals surface area contributed by atoms with Gasteiger partial charge in [-0.25, -0.2) is 4.39 Å². The molecule has 3 nitrogen and oxygen atoms in total. The zero-order valence-electron chi connectivity index (χ0n) is 10.3. The Kier molecular flexibility index (Phi) is 3.41. The molecule has 4 heteroatoms. The third-order valence-electron chi connectivity index (χ3n) is 3.37. The van der Waals surface area contributed by atoms with Gasteiger partial charge in [0, 0.05) is 18.7 Å². The quantitative estimate of drug-likeness (QED) is 0.775. The summed E-state index contributed by atoms with van der Waals surface area (Å²) in [4.78, 5) is 0. The molecule has 3 N–H and O–H groups in total. The van der Waals surface area contributed by atoms with Gasteiger partial charge in [-0.05, 0) is 24.7 Å². The standard InChI is InChI=1S/C13H19FN2O/c1-8(9-3-4-9)7-16-12-6-13(17-2)10(14)5-11(12)15/h5-6,8-9,16H,3-4,7,15H2,1-2H3. The van der Waals surface area contributed by atoms with Gasteiger partial charge in [-0.15, -0.1) is 0 Å². The Morgan fingerprint density at radius 1 is 1.53 bits per heavy atom. The van der Waals surface area contributed by atoms with Crippen LogP contribution in [0.3, 0.4) is 0 Å². The number of halogens is 1. The van der Waals surface area contributed by atoms with Crippen molar-refractivity contribution in [1.82, 2.24) is 0 Å². The predicted molar refractivity (Wildman–Crippen MR) is 67.7 cm³/mol. The number of nitrogens with two attached hydrogens (primary N) is 1. The summed E-state index contributed by atoms with van der Waals surface area (Å²) in [7, 11) is 1.45. The van der Waals surface area contributed by atoms with Gasteiger partial charge in [-0.2, -0.15) is 0 Å². The second-order valence-electron chi connectivity index (χ2n) is 4.77. The largest absolute Gasteiger partial charge is 0.494 e. The van der Waals surface area contributed by atoms with E-state index in [1.54, 1.807) is 6.07 Å². The fourth-order valence-electron chi connectivity index (χ4n) is 1.98. The van der Waals surface area contributed by atoms with E-state index in [1.165, 1.54) is 26.0 Å². The molecule has 2 rings (SSSR count). The molecule has 1 saturated carbocycles. The molecule has 0 aromatic heterocycles. The number of anilines is 2. The highest BCUT2D eigenvalue weighted by Crippen LogP contribution is 2.37. The van der Waals surface area contributed by atoms with E-state index < -0.39 is 5.82 Å². The summed E-state index contributed by atoms with van der Waals surface area (Å²) in [5.74, 6) is 1.27. The van der Waals surface area contributed by atoms with E-state index >= 15 is 0 Å². The first-order valence-electron chi connectivity index (χ1n) is 5.98. The monoisotopic (exact) mass is 238 g/mol. The molecule has 0 radical (unpaired) electrons. The highest BCUT2D eigenvalue weighted by Gasteiger charge is 2.27. The lowest BCUT2D eigenvalue weighted by atomic mass is 10.1. The summed E-state index contributed by atoms with van der Waals surface area (Å²) < 4.78 is 18.3. The van der Waals surface area contributed by atoms with Gasteiger partial charge in [-0.1, -0.05) is 6.92 Å². The molecule has 0 spiro atoms. The minimum absolute atomic E-state index is 0.223. The van der Waals surface area contributed by atoms with Crippen molar-refractivity contribution < 1.29 is 9.13 Å². The third kappa shape index (κ3) is 2.81. The second kappa shape index (κ2) is 4.82. The molecule has 1 atom stereocenters. The Morgan fingerprint density at radius 3 is 2.82 bits per heavy atom. The number of hydrogen-bond donors (Lipinski definition) is 2. The van der Waals surface area contributed by atoms with Crippen LogP contribution in [0.1, 0.15) is 19.8 Å². The first-order chi connectivity index (χ1) is 8.11. The van der Waals surface area contributed by atoms with Gasteiger partial charge in [0.05, 0.1) is 18.5 Å². The molecule has 17 heavy (non-hydrogen) atoms. The van der Waals surface area contributed by atoms with E-state index in [9.17, 15) is 4.39 Å². The van der Waals surface area contributed by atoms with E-state index in [2.05, 4.69) is 12.2 Å². The molecule has 0 aliphatic heterocycles. The SMILES string of the molecule is COc1cc(NCC(C)C2CC2)c(N)cc1F. The Balaban J connectivity index is 2.03. The van der Waals surface area contributed by atoms with Gasteiger partial charge >= 0.3 is 0 Å². The van der Waals surface area contributed by atoms with Crippen molar-refractivity contribution in [3.63, 3.8) is 0 Å². The maximum Gasteiger partial charge on any atom is 0.167 e. The normalized spacial score (nSPS) is 16.6. The van der Waals surface area contributed by atoms with Crippen molar-refractivity contribution in [3.05, 3.63) is 17.9 Å². The smallest absolute Gasteiger partial charge is 0.167 e. The minimum atomic E-state index is -0.425. The third-order valence-corrected chi connectivity index (χ3v) is 3.37. The number of methoxy groups -OCH3 is 1. The van der Waals surface area contributed by atoms with Crippen molar-refractivity contribution >= 4 is 11.4 Å². The van der Waals surface area contributed by atoms with Gasteiger partial charge in [0.15, 0.2) is 11.6 Å². The highest BCUT2D eigenvalue weighted by molar-refractivity contribution is 5.68. The summed E-state index contributed by atoms with van der Waals surface area (Å²) in [5, 5.41) is 3.26. The van der Waals surface area contributed by atoms with Crippen molar-refractivity contribution in [3.8, 4) is 5.75 Å². The van der Waals surface area contributed by atoms with Crippen LogP contribution in [0.15, 0.2) is 12.1 Å². The Morgan fingerprint density at radius 2 is 2.24 bits per heavy atom. The predicted octanol–water partition coefficient (Wildman–Crippen LogP) is 2.87. The summed E-state index contributed by atoms with van der Waals surface area (Å²) >= 11 is 0. The van der Waals surface area contributed by atoms with E-state index in [1.807, 2.05) is 0 Å². The maximum atomic E-state index is 13.3. The number of ether oxygens (including phenoxy) is 1.